The van der Waals surface area contributed by atoms with Gasteiger partial charge in [-0.3, -0.25) is 14.2 Å². The van der Waals surface area contributed by atoms with Crippen LogP contribution in [0.4, 0.5) is 0 Å². The molecule has 4 heterocycles. The Labute approximate surface area is 189 Å². The number of thiazole rings is 1. The van der Waals surface area contributed by atoms with Gasteiger partial charge >= 0.3 is 0 Å². The molecular formula is C24H24N4O3S. The number of benzene rings is 1. The Morgan fingerprint density at radius 2 is 2.03 bits per heavy atom. The van der Waals surface area contributed by atoms with Crippen LogP contribution in [-0.4, -0.2) is 20.4 Å². The fourth-order valence-electron chi connectivity index (χ4n) is 4.09. The predicted molar refractivity (Wildman–Crippen MR) is 124 cm³/mol. The van der Waals surface area contributed by atoms with Crippen LogP contribution in [-0.2, 0) is 19.5 Å². The van der Waals surface area contributed by atoms with Crippen molar-refractivity contribution >= 4 is 28.1 Å². The number of furan rings is 1. The van der Waals surface area contributed by atoms with Crippen molar-refractivity contribution in [1.29, 1.82) is 0 Å². The molecule has 0 fully saturated rings. The SMILES string of the molecule is Cc1nc(-c2ccc(CNC(=O)c3ccc4c(=O)n5c(nc4c3)CCCCCC5)o2)cs1. The summed E-state index contributed by atoms with van der Waals surface area (Å²) in [6, 6.07) is 8.79. The number of fused-ring (bicyclic) bond motifs is 2. The average Bonchev–Trinajstić information content (AvgIpc) is 3.42. The Kier molecular flexibility index (Phi) is 5.61. The third-order valence-electron chi connectivity index (χ3n) is 5.78. The van der Waals surface area contributed by atoms with Crippen LogP contribution >= 0.6 is 11.3 Å². The maximum Gasteiger partial charge on any atom is 0.261 e. The van der Waals surface area contributed by atoms with E-state index in [4.69, 9.17) is 9.40 Å². The quantitative estimate of drug-likeness (QED) is 0.498. The molecule has 8 heteroatoms. The van der Waals surface area contributed by atoms with Crippen molar-refractivity contribution in [3.8, 4) is 11.5 Å². The second-order valence-electron chi connectivity index (χ2n) is 8.08. The molecule has 5 rings (SSSR count). The highest BCUT2D eigenvalue weighted by molar-refractivity contribution is 7.09. The molecular weight excluding hydrogens is 424 g/mol. The molecule has 1 amide bonds. The average molecular weight is 449 g/mol. The largest absolute Gasteiger partial charge is 0.458 e. The van der Waals surface area contributed by atoms with Crippen LogP contribution in [0.3, 0.4) is 0 Å². The third kappa shape index (κ3) is 4.10. The zero-order chi connectivity index (χ0) is 22.1. The van der Waals surface area contributed by atoms with E-state index in [0.717, 1.165) is 48.6 Å². The molecule has 0 bridgehead atoms. The van der Waals surface area contributed by atoms with Crippen LogP contribution < -0.4 is 10.9 Å². The van der Waals surface area contributed by atoms with Crippen LogP contribution in [0.15, 0.2) is 44.9 Å². The molecule has 1 aliphatic heterocycles. The molecule has 3 aromatic heterocycles. The molecule has 0 saturated carbocycles. The number of aryl methyl sites for hydroxylation is 2. The number of hydrogen-bond acceptors (Lipinski definition) is 6. The maximum absolute atomic E-state index is 13.0. The number of nitrogens with one attached hydrogen (secondary N) is 1. The summed E-state index contributed by atoms with van der Waals surface area (Å²) < 4.78 is 7.62. The van der Waals surface area contributed by atoms with Crippen molar-refractivity contribution in [1.82, 2.24) is 19.9 Å². The van der Waals surface area contributed by atoms with E-state index in [9.17, 15) is 9.59 Å². The molecule has 0 unspecified atom stereocenters. The van der Waals surface area contributed by atoms with Gasteiger partial charge in [-0.1, -0.05) is 12.8 Å². The van der Waals surface area contributed by atoms with Crippen LogP contribution in [0, 0.1) is 6.92 Å². The Balaban J connectivity index is 1.34. The molecule has 0 saturated heterocycles. The van der Waals surface area contributed by atoms with E-state index in [1.807, 2.05) is 24.4 Å². The number of aromatic nitrogens is 3. The molecule has 1 aromatic carbocycles. The molecule has 4 aromatic rings. The van der Waals surface area contributed by atoms with E-state index in [1.165, 1.54) is 0 Å². The summed E-state index contributed by atoms with van der Waals surface area (Å²) in [5, 5.41) is 6.36. The zero-order valence-corrected chi connectivity index (χ0v) is 18.7. The minimum absolute atomic E-state index is 0.0146. The topological polar surface area (TPSA) is 90.0 Å². The molecule has 0 radical (unpaired) electrons. The standard InChI is InChI=1S/C24H24N4O3S/c1-15-26-20(14-32-15)21-10-8-17(31-21)13-25-23(29)16-7-9-18-19(12-16)27-22-6-4-2-3-5-11-28(22)24(18)30/h7-10,12,14H,2-6,11,13H2,1H3,(H,25,29). The van der Waals surface area contributed by atoms with Gasteiger partial charge in [0.05, 0.1) is 22.5 Å². The number of rotatable bonds is 4. The lowest BCUT2D eigenvalue weighted by molar-refractivity contribution is 0.0948. The smallest absolute Gasteiger partial charge is 0.261 e. The number of hydrogen-bond donors (Lipinski definition) is 1. The van der Waals surface area contributed by atoms with Crippen molar-refractivity contribution in [3.63, 3.8) is 0 Å². The minimum Gasteiger partial charge on any atom is -0.458 e. The van der Waals surface area contributed by atoms with E-state index in [0.29, 0.717) is 34.5 Å². The highest BCUT2D eigenvalue weighted by atomic mass is 32.1. The van der Waals surface area contributed by atoms with Gasteiger partial charge < -0.3 is 9.73 Å². The molecule has 1 aliphatic rings. The van der Waals surface area contributed by atoms with Crippen molar-refractivity contribution in [2.45, 2.75) is 52.1 Å². The first kappa shape index (κ1) is 20.6. The molecule has 0 aliphatic carbocycles. The van der Waals surface area contributed by atoms with Gasteiger partial charge in [0.1, 0.15) is 17.3 Å². The summed E-state index contributed by atoms with van der Waals surface area (Å²) in [6.45, 7) is 2.93. The number of carbonyl (C=O) groups is 1. The summed E-state index contributed by atoms with van der Waals surface area (Å²) in [6.07, 6.45) is 5.12. The Morgan fingerprint density at radius 3 is 2.88 bits per heavy atom. The van der Waals surface area contributed by atoms with Crippen LogP contribution in [0.1, 0.15) is 52.6 Å². The van der Waals surface area contributed by atoms with Gasteiger partial charge in [0.15, 0.2) is 5.76 Å². The summed E-state index contributed by atoms with van der Waals surface area (Å²) in [5.41, 5.74) is 1.84. The van der Waals surface area contributed by atoms with Crippen molar-refractivity contribution in [3.05, 3.63) is 68.2 Å². The first-order valence-electron chi connectivity index (χ1n) is 10.9. The van der Waals surface area contributed by atoms with Gasteiger partial charge in [-0.2, -0.15) is 0 Å². The van der Waals surface area contributed by atoms with E-state index in [-0.39, 0.29) is 18.0 Å². The summed E-state index contributed by atoms with van der Waals surface area (Å²) in [4.78, 5) is 34.9. The van der Waals surface area contributed by atoms with E-state index < -0.39 is 0 Å². The fourth-order valence-corrected chi connectivity index (χ4v) is 4.70. The van der Waals surface area contributed by atoms with E-state index in [1.54, 1.807) is 34.1 Å². The molecule has 7 nitrogen and oxygen atoms in total. The normalized spacial score (nSPS) is 14.0. The lowest BCUT2D eigenvalue weighted by Gasteiger charge is -2.16. The zero-order valence-electron chi connectivity index (χ0n) is 17.9. The number of amides is 1. The minimum atomic E-state index is -0.233. The lowest BCUT2D eigenvalue weighted by Crippen LogP contribution is -2.27. The van der Waals surface area contributed by atoms with Gasteiger partial charge in [0.2, 0.25) is 0 Å². The second-order valence-corrected chi connectivity index (χ2v) is 9.14. The van der Waals surface area contributed by atoms with E-state index >= 15 is 0 Å². The fraction of sp³-hybridized carbons (Fsp3) is 0.333. The van der Waals surface area contributed by atoms with Gasteiger partial charge in [0, 0.05) is 23.9 Å². The van der Waals surface area contributed by atoms with E-state index in [2.05, 4.69) is 10.3 Å². The Hall–Kier alpha value is -3.26. The summed E-state index contributed by atoms with van der Waals surface area (Å²) >= 11 is 1.57. The Morgan fingerprint density at radius 1 is 1.16 bits per heavy atom. The number of nitrogens with zero attached hydrogens (tertiary/aromatic N) is 3. The molecule has 0 atom stereocenters. The van der Waals surface area contributed by atoms with Gasteiger partial charge in [0.25, 0.3) is 11.5 Å². The van der Waals surface area contributed by atoms with Gasteiger partial charge in [-0.15, -0.1) is 11.3 Å². The van der Waals surface area contributed by atoms with Crippen molar-refractivity contribution in [2.75, 3.05) is 0 Å². The first-order chi connectivity index (χ1) is 15.6. The van der Waals surface area contributed by atoms with Crippen molar-refractivity contribution in [2.24, 2.45) is 0 Å². The summed E-state index contributed by atoms with van der Waals surface area (Å²) in [7, 11) is 0. The van der Waals surface area contributed by atoms with Crippen LogP contribution in [0.25, 0.3) is 22.4 Å². The van der Waals surface area contributed by atoms with Gasteiger partial charge in [-0.25, -0.2) is 9.97 Å². The number of carbonyl (C=O) groups excluding carboxylic acids is 1. The van der Waals surface area contributed by atoms with Crippen LogP contribution in [0.5, 0.6) is 0 Å². The van der Waals surface area contributed by atoms with Crippen molar-refractivity contribution < 1.29 is 9.21 Å². The highest BCUT2D eigenvalue weighted by Gasteiger charge is 2.15. The predicted octanol–water partition coefficient (Wildman–Crippen LogP) is 4.47. The molecule has 164 valence electrons. The lowest BCUT2D eigenvalue weighted by atomic mass is 10.1. The molecule has 32 heavy (non-hydrogen) atoms. The maximum atomic E-state index is 13.0. The third-order valence-corrected chi connectivity index (χ3v) is 6.56. The molecule has 0 spiro atoms. The Bertz CT molecular complexity index is 1350. The second kappa shape index (κ2) is 8.70. The monoisotopic (exact) mass is 448 g/mol. The van der Waals surface area contributed by atoms with Gasteiger partial charge in [-0.05, 0) is 50.1 Å². The summed E-state index contributed by atoms with van der Waals surface area (Å²) in [5.74, 6) is 1.92. The molecule has 1 N–H and O–H groups in total. The highest BCUT2D eigenvalue weighted by Crippen LogP contribution is 2.24. The van der Waals surface area contributed by atoms with Crippen LogP contribution in [0.2, 0.25) is 0 Å². The first-order valence-corrected chi connectivity index (χ1v) is 11.8.